The van der Waals surface area contributed by atoms with Gasteiger partial charge in [-0.3, -0.25) is 14.4 Å². The smallest absolute Gasteiger partial charge is 0.261 e. The zero-order chi connectivity index (χ0) is 29.4. The summed E-state index contributed by atoms with van der Waals surface area (Å²) < 4.78 is 34.7. The summed E-state index contributed by atoms with van der Waals surface area (Å²) in [6.45, 7) is 6.17. The van der Waals surface area contributed by atoms with Crippen LogP contribution in [0.15, 0.2) is 77.7 Å². The summed E-state index contributed by atoms with van der Waals surface area (Å²) in [6, 6.07) is 21.1. The molecule has 0 radical (unpaired) electrons. The number of methoxy groups -OCH3 is 1. The van der Waals surface area contributed by atoms with Crippen LogP contribution in [-0.2, 0) is 23.0 Å². The highest BCUT2D eigenvalue weighted by Crippen LogP contribution is 2.46. The van der Waals surface area contributed by atoms with Crippen LogP contribution < -0.4 is 14.8 Å². The van der Waals surface area contributed by atoms with Gasteiger partial charge in [0.05, 0.1) is 22.2 Å². The third kappa shape index (κ3) is 6.41. The van der Waals surface area contributed by atoms with Gasteiger partial charge >= 0.3 is 0 Å². The number of amides is 1. The van der Waals surface area contributed by atoms with Crippen LogP contribution >= 0.6 is 35.1 Å². The van der Waals surface area contributed by atoms with E-state index in [4.69, 9.17) is 9.72 Å². The van der Waals surface area contributed by atoms with Crippen LogP contribution in [-0.4, -0.2) is 43.9 Å². The van der Waals surface area contributed by atoms with Gasteiger partial charge in [-0.25, -0.2) is 13.4 Å². The monoisotopic (exact) mass is 654 g/mol. The van der Waals surface area contributed by atoms with Crippen molar-refractivity contribution in [3.63, 3.8) is 0 Å². The Labute approximate surface area is 265 Å². The molecule has 0 saturated heterocycles. The van der Waals surface area contributed by atoms with Gasteiger partial charge < -0.3 is 10.1 Å². The Morgan fingerprint density at radius 3 is 2.51 bits per heavy atom. The summed E-state index contributed by atoms with van der Waals surface area (Å²) >= 11 is 3.22. The molecule has 224 valence electrons. The third-order valence-electron chi connectivity index (χ3n) is 7.30. The maximum absolute atomic E-state index is 13.6. The van der Waals surface area contributed by atoms with Crippen LogP contribution in [0.3, 0.4) is 0 Å². The van der Waals surface area contributed by atoms with Crippen molar-refractivity contribution in [3.8, 4) is 16.3 Å². The molecule has 43 heavy (non-hydrogen) atoms. The highest BCUT2D eigenvalue weighted by atomic mass is 35.5. The van der Waals surface area contributed by atoms with Crippen molar-refractivity contribution < 1.29 is 17.9 Å². The Hall–Kier alpha value is -3.48. The van der Waals surface area contributed by atoms with E-state index in [0.717, 1.165) is 45.3 Å². The lowest BCUT2D eigenvalue weighted by Crippen LogP contribution is -2.35. The molecule has 0 atom stereocenters. The molecule has 0 fully saturated rings. The number of thiophene rings is 1. The SMILES string of the molecule is COc1ccc(S(=O)(=O)Nc2cccc(C(=O)Nc3sc4c(c3-c3nc5ccccc5s3)CCN(C(C)C)C4)c2)cc1.Cl. The van der Waals surface area contributed by atoms with Crippen molar-refractivity contribution in [1.29, 1.82) is 0 Å². The number of aromatic nitrogens is 1. The van der Waals surface area contributed by atoms with Gasteiger partial charge in [0.25, 0.3) is 15.9 Å². The molecule has 6 rings (SSSR count). The number of hydrogen-bond donors (Lipinski definition) is 2. The van der Waals surface area contributed by atoms with Crippen LogP contribution in [0.4, 0.5) is 10.7 Å². The molecule has 0 saturated carbocycles. The summed E-state index contributed by atoms with van der Waals surface area (Å²) in [5, 5.41) is 4.80. The number of ether oxygens (including phenoxy) is 1. The number of sulfonamides is 1. The Balaban J connectivity index is 0.00000368. The maximum atomic E-state index is 13.6. The Morgan fingerprint density at radius 1 is 1.02 bits per heavy atom. The number of nitrogens with zero attached hydrogens (tertiary/aromatic N) is 2. The first kappa shape index (κ1) is 31.0. The number of benzene rings is 3. The van der Waals surface area contributed by atoms with Gasteiger partial charge in [0.15, 0.2) is 0 Å². The number of anilines is 2. The lowest BCUT2D eigenvalue weighted by Gasteiger charge is -2.30. The second-order valence-corrected chi connectivity index (χ2v) is 14.1. The van der Waals surface area contributed by atoms with Crippen LogP contribution in [0.1, 0.15) is 34.6 Å². The molecule has 1 aliphatic rings. The molecule has 0 bridgehead atoms. The number of nitrogens with one attached hydrogen (secondary N) is 2. The fourth-order valence-electron chi connectivity index (χ4n) is 5.03. The van der Waals surface area contributed by atoms with Crippen molar-refractivity contribution in [2.75, 3.05) is 23.7 Å². The summed E-state index contributed by atoms with van der Waals surface area (Å²) in [6.07, 6.45) is 0.883. The van der Waals surface area contributed by atoms with Crippen molar-refractivity contribution in [1.82, 2.24) is 9.88 Å². The summed E-state index contributed by atoms with van der Waals surface area (Å²) in [4.78, 5) is 22.3. The van der Waals surface area contributed by atoms with Crippen molar-refractivity contribution >= 4 is 71.9 Å². The molecular formula is C31H31ClN4O4S3. The average molecular weight is 655 g/mol. The maximum Gasteiger partial charge on any atom is 0.261 e. The molecule has 8 nitrogen and oxygen atoms in total. The predicted octanol–water partition coefficient (Wildman–Crippen LogP) is 7.27. The number of para-hydroxylation sites is 1. The number of carbonyl (C=O) groups is 1. The summed E-state index contributed by atoms with van der Waals surface area (Å²) in [7, 11) is -2.34. The highest BCUT2D eigenvalue weighted by molar-refractivity contribution is 7.92. The molecule has 0 spiro atoms. The summed E-state index contributed by atoms with van der Waals surface area (Å²) in [5.74, 6) is 0.243. The van der Waals surface area contributed by atoms with Crippen LogP contribution in [0.2, 0.25) is 0 Å². The Bertz CT molecular complexity index is 1850. The second kappa shape index (κ2) is 12.6. The lowest BCUT2D eigenvalue weighted by atomic mass is 10.0. The van der Waals surface area contributed by atoms with Crippen molar-refractivity contribution in [2.45, 2.75) is 37.8 Å². The zero-order valence-electron chi connectivity index (χ0n) is 23.8. The molecule has 1 amide bonds. The molecule has 2 N–H and O–H groups in total. The molecule has 5 aromatic rings. The van der Waals surface area contributed by atoms with Crippen LogP contribution in [0.5, 0.6) is 5.75 Å². The third-order valence-corrected chi connectivity index (χ3v) is 10.9. The van der Waals surface area contributed by atoms with Gasteiger partial charge in [0, 0.05) is 40.8 Å². The number of carbonyl (C=O) groups excluding carboxylic acids is 1. The molecule has 12 heteroatoms. The standard InChI is InChI=1S/C31H30N4O4S3.ClH/c1-19(2)35-16-15-24-27(18-35)41-31(28(24)30-32-25-9-4-5-10-26(25)40-30)33-29(36)20-7-6-8-21(17-20)34-42(37,38)23-13-11-22(39-3)12-14-23;/h4-14,17,19,34H,15-16,18H2,1-3H3,(H,33,36);1H. The summed E-state index contributed by atoms with van der Waals surface area (Å²) in [5.41, 5.74) is 3.81. The first-order valence-corrected chi connectivity index (χ1v) is 16.7. The minimum Gasteiger partial charge on any atom is -0.497 e. The molecule has 0 aliphatic carbocycles. The number of halogens is 1. The number of hydrogen-bond acceptors (Lipinski definition) is 8. The molecule has 1 aliphatic heterocycles. The van der Waals surface area contributed by atoms with Gasteiger partial charge in [-0.15, -0.1) is 35.1 Å². The van der Waals surface area contributed by atoms with Crippen LogP contribution in [0.25, 0.3) is 20.8 Å². The van der Waals surface area contributed by atoms with E-state index in [-0.39, 0.29) is 23.2 Å². The molecular weight excluding hydrogens is 624 g/mol. The van der Waals surface area contributed by atoms with E-state index in [2.05, 4.69) is 34.9 Å². The van der Waals surface area contributed by atoms with Crippen molar-refractivity contribution in [3.05, 3.63) is 88.8 Å². The van der Waals surface area contributed by atoms with E-state index in [0.29, 0.717) is 23.0 Å². The number of thiazole rings is 1. The van der Waals surface area contributed by atoms with Gasteiger partial charge in [-0.2, -0.15) is 0 Å². The Morgan fingerprint density at radius 2 is 1.79 bits per heavy atom. The predicted molar refractivity (Wildman–Crippen MR) is 178 cm³/mol. The van der Waals surface area contributed by atoms with Crippen molar-refractivity contribution in [2.24, 2.45) is 0 Å². The van der Waals surface area contributed by atoms with Gasteiger partial charge in [0.1, 0.15) is 15.8 Å². The van der Waals surface area contributed by atoms with E-state index in [1.165, 1.54) is 29.7 Å². The quantitative estimate of drug-likeness (QED) is 0.182. The molecule has 3 heterocycles. The fraction of sp³-hybridized carbons (Fsp3) is 0.226. The largest absolute Gasteiger partial charge is 0.497 e. The van der Waals surface area contributed by atoms with Gasteiger partial charge in [-0.05, 0) is 80.4 Å². The van der Waals surface area contributed by atoms with E-state index < -0.39 is 10.0 Å². The first-order valence-electron chi connectivity index (χ1n) is 13.5. The zero-order valence-corrected chi connectivity index (χ0v) is 27.1. The number of fused-ring (bicyclic) bond motifs is 2. The van der Waals surface area contributed by atoms with E-state index in [1.54, 1.807) is 59.1 Å². The molecule has 3 aromatic carbocycles. The van der Waals surface area contributed by atoms with E-state index in [9.17, 15) is 13.2 Å². The van der Waals surface area contributed by atoms with Crippen LogP contribution in [0, 0.1) is 0 Å². The van der Waals surface area contributed by atoms with Gasteiger partial charge in [0.2, 0.25) is 0 Å². The normalized spacial score (nSPS) is 13.4. The average Bonchev–Trinajstić information content (AvgIpc) is 3.57. The first-order chi connectivity index (χ1) is 20.2. The number of rotatable bonds is 8. The highest BCUT2D eigenvalue weighted by Gasteiger charge is 2.29. The minimum atomic E-state index is -3.86. The second-order valence-electron chi connectivity index (χ2n) is 10.3. The topological polar surface area (TPSA) is 101 Å². The lowest BCUT2D eigenvalue weighted by molar-refractivity contribution is 0.102. The molecule has 2 aromatic heterocycles. The Kier molecular flexibility index (Phi) is 9.10. The van der Waals surface area contributed by atoms with E-state index >= 15 is 0 Å². The minimum absolute atomic E-state index is 0. The fourth-order valence-corrected chi connectivity index (χ4v) is 8.45. The van der Waals surface area contributed by atoms with Gasteiger partial charge in [-0.1, -0.05) is 18.2 Å². The van der Waals surface area contributed by atoms with E-state index in [1.807, 2.05) is 18.2 Å². The molecule has 0 unspecified atom stereocenters.